The van der Waals surface area contributed by atoms with Gasteiger partial charge in [0.1, 0.15) is 23.1 Å². The van der Waals surface area contributed by atoms with Gasteiger partial charge in [-0.3, -0.25) is 5.41 Å². The van der Waals surface area contributed by atoms with E-state index in [0.717, 1.165) is 4.47 Å². The standard InChI is InChI=1S/C14H13BrN2O2/c1-18-10-3-2-4-11(8-10)19-13-6-5-9(15)7-12(13)14(16)17/h2-8H,1H3,(H3,16,17). The predicted octanol–water partition coefficient (Wildman–Crippen LogP) is 3.53. The molecule has 0 saturated carbocycles. The Hall–Kier alpha value is -2.01. The highest BCUT2D eigenvalue weighted by Gasteiger charge is 2.09. The quantitative estimate of drug-likeness (QED) is 0.668. The van der Waals surface area contributed by atoms with Gasteiger partial charge in [0.15, 0.2) is 0 Å². The minimum absolute atomic E-state index is 0.0424. The molecular weight excluding hydrogens is 308 g/mol. The van der Waals surface area contributed by atoms with Crippen molar-refractivity contribution in [3.8, 4) is 17.2 Å². The number of methoxy groups -OCH3 is 1. The molecule has 0 fully saturated rings. The summed E-state index contributed by atoms with van der Waals surface area (Å²) in [7, 11) is 1.60. The molecule has 5 heteroatoms. The van der Waals surface area contributed by atoms with Crippen molar-refractivity contribution in [2.45, 2.75) is 0 Å². The van der Waals surface area contributed by atoms with E-state index in [9.17, 15) is 0 Å². The topological polar surface area (TPSA) is 68.3 Å². The molecule has 2 rings (SSSR count). The number of amidine groups is 1. The normalized spacial score (nSPS) is 10.0. The van der Waals surface area contributed by atoms with Crippen LogP contribution in [0.2, 0.25) is 0 Å². The van der Waals surface area contributed by atoms with E-state index in [2.05, 4.69) is 15.9 Å². The van der Waals surface area contributed by atoms with Crippen LogP contribution in [0.25, 0.3) is 0 Å². The summed E-state index contributed by atoms with van der Waals surface area (Å²) < 4.78 is 11.7. The number of rotatable bonds is 4. The Labute approximate surface area is 119 Å². The lowest BCUT2D eigenvalue weighted by atomic mass is 10.2. The summed E-state index contributed by atoms with van der Waals surface area (Å²) in [6.07, 6.45) is 0. The highest BCUT2D eigenvalue weighted by molar-refractivity contribution is 9.10. The highest BCUT2D eigenvalue weighted by atomic mass is 79.9. The summed E-state index contributed by atoms with van der Waals surface area (Å²) in [5.41, 5.74) is 6.09. The van der Waals surface area contributed by atoms with Crippen molar-refractivity contribution in [2.75, 3.05) is 7.11 Å². The van der Waals surface area contributed by atoms with Crippen molar-refractivity contribution < 1.29 is 9.47 Å². The Kier molecular flexibility index (Phi) is 4.06. The van der Waals surface area contributed by atoms with Crippen molar-refractivity contribution in [2.24, 2.45) is 5.73 Å². The van der Waals surface area contributed by atoms with Gasteiger partial charge in [-0.15, -0.1) is 0 Å². The van der Waals surface area contributed by atoms with E-state index >= 15 is 0 Å². The lowest BCUT2D eigenvalue weighted by Crippen LogP contribution is -2.12. The Morgan fingerprint density at radius 2 is 1.89 bits per heavy atom. The maximum absolute atomic E-state index is 7.57. The molecule has 3 N–H and O–H groups in total. The summed E-state index contributed by atoms with van der Waals surface area (Å²) in [4.78, 5) is 0. The molecular formula is C14H13BrN2O2. The first-order chi connectivity index (χ1) is 9.10. The molecule has 0 spiro atoms. The molecule has 0 saturated heterocycles. The summed E-state index contributed by atoms with van der Waals surface area (Å²) in [5, 5.41) is 7.57. The molecule has 0 aliphatic carbocycles. The second-order valence-corrected chi connectivity index (χ2v) is 4.75. The molecule has 2 aromatic rings. The van der Waals surface area contributed by atoms with E-state index in [-0.39, 0.29) is 5.84 Å². The average Bonchev–Trinajstić information content (AvgIpc) is 2.41. The monoisotopic (exact) mass is 320 g/mol. The van der Waals surface area contributed by atoms with E-state index in [1.54, 1.807) is 25.3 Å². The van der Waals surface area contributed by atoms with Crippen LogP contribution in [-0.4, -0.2) is 12.9 Å². The number of ether oxygens (including phenoxy) is 2. The minimum atomic E-state index is -0.0424. The third-order valence-corrected chi connectivity index (χ3v) is 2.99. The molecule has 2 aromatic carbocycles. The molecule has 0 unspecified atom stereocenters. The lowest BCUT2D eigenvalue weighted by Gasteiger charge is -2.11. The van der Waals surface area contributed by atoms with Crippen molar-refractivity contribution >= 4 is 21.8 Å². The van der Waals surface area contributed by atoms with Crippen molar-refractivity contribution in [3.63, 3.8) is 0 Å². The zero-order chi connectivity index (χ0) is 13.8. The number of hydrogen-bond donors (Lipinski definition) is 2. The summed E-state index contributed by atoms with van der Waals surface area (Å²) in [5.74, 6) is 1.83. The largest absolute Gasteiger partial charge is 0.497 e. The molecule has 0 heterocycles. The number of nitrogens with two attached hydrogens (primary N) is 1. The highest BCUT2D eigenvalue weighted by Crippen LogP contribution is 2.29. The Morgan fingerprint density at radius 1 is 1.16 bits per heavy atom. The van der Waals surface area contributed by atoms with Gasteiger partial charge in [0.25, 0.3) is 0 Å². The van der Waals surface area contributed by atoms with E-state index in [0.29, 0.717) is 22.8 Å². The van der Waals surface area contributed by atoms with E-state index in [1.165, 1.54) is 0 Å². The fourth-order valence-electron chi connectivity index (χ4n) is 1.59. The third kappa shape index (κ3) is 3.26. The van der Waals surface area contributed by atoms with Gasteiger partial charge in [-0.1, -0.05) is 22.0 Å². The van der Waals surface area contributed by atoms with Crippen LogP contribution in [0.3, 0.4) is 0 Å². The van der Waals surface area contributed by atoms with Crippen LogP contribution in [0, 0.1) is 5.41 Å². The maximum atomic E-state index is 7.57. The molecule has 0 aliphatic rings. The molecule has 0 aliphatic heterocycles. The summed E-state index contributed by atoms with van der Waals surface area (Å²) in [6.45, 7) is 0. The molecule has 19 heavy (non-hydrogen) atoms. The second-order valence-electron chi connectivity index (χ2n) is 3.84. The Balaban J connectivity index is 2.34. The Morgan fingerprint density at radius 3 is 2.58 bits per heavy atom. The van der Waals surface area contributed by atoms with Gasteiger partial charge in [-0.05, 0) is 30.3 Å². The zero-order valence-corrected chi connectivity index (χ0v) is 11.9. The van der Waals surface area contributed by atoms with Crippen LogP contribution in [0.15, 0.2) is 46.9 Å². The fraction of sp³-hybridized carbons (Fsp3) is 0.0714. The molecule has 4 nitrogen and oxygen atoms in total. The fourth-order valence-corrected chi connectivity index (χ4v) is 1.95. The van der Waals surface area contributed by atoms with Crippen LogP contribution >= 0.6 is 15.9 Å². The van der Waals surface area contributed by atoms with E-state index < -0.39 is 0 Å². The van der Waals surface area contributed by atoms with Crippen LogP contribution in [-0.2, 0) is 0 Å². The van der Waals surface area contributed by atoms with Crippen LogP contribution in [0.5, 0.6) is 17.2 Å². The van der Waals surface area contributed by atoms with Crippen LogP contribution < -0.4 is 15.2 Å². The van der Waals surface area contributed by atoms with Gasteiger partial charge >= 0.3 is 0 Å². The van der Waals surface area contributed by atoms with Gasteiger partial charge in [0.2, 0.25) is 0 Å². The van der Waals surface area contributed by atoms with Crippen LogP contribution in [0.4, 0.5) is 0 Å². The summed E-state index contributed by atoms with van der Waals surface area (Å²) >= 11 is 3.35. The molecule has 0 atom stereocenters. The Bertz CT molecular complexity index is 614. The van der Waals surface area contributed by atoms with Gasteiger partial charge in [0.05, 0.1) is 12.7 Å². The second kappa shape index (κ2) is 5.75. The van der Waals surface area contributed by atoms with Gasteiger partial charge < -0.3 is 15.2 Å². The lowest BCUT2D eigenvalue weighted by molar-refractivity contribution is 0.409. The molecule has 98 valence electrons. The first-order valence-corrected chi connectivity index (χ1v) is 6.35. The smallest absolute Gasteiger partial charge is 0.138 e. The molecule has 0 bridgehead atoms. The van der Waals surface area contributed by atoms with E-state index in [1.807, 2.05) is 24.3 Å². The van der Waals surface area contributed by atoms with Crippen LogP contribution in [0.1, 0.15) is 5.56 Å². The first kappa shape index (κ1) is 13.4. The number of halogens is 1. The number of hydrogen-bond acceptors (Lipinski definition) is 3. The average molecular weight is 321 g/mol. The molecule has 0 amide bonds. The molecule has 0 radical (unpaired) electrons. The zero-order valence-electron chi connectivity index (χ0n) is 10.3. The summed E-state index contributed by atoms with van der Waals surface area (Å²) in [6, 6.07) is 12.6. The number of benzene rings is 2. The predicted molar refractivity (Wildman–Crippen MR) is 78.2 cm³/mol. The first-order valence-electron chi connectivity index (χ1n) is 5.56. The van der Waals surface area contributed by atoms with Gasteiger partial charge in [-0.2, -0.15) is 0 Å². The van der Waals surface area contributed by atoms with Crippen molar-refractivity contribution in [3.05, 3.63) is 52.5 Å². The third-order valence-electron chi connectivity index (χ3n) is 2.50. The minimum Gasteiger partial charge on any atom is -0.497 e. The maximum Gasteiger partial charge on any atom is 0.138 e. The van der Waals surface area contributed by atoms with Gasteiger partial charge in [-0.25, -0.2) is 0 Å². The number of nitrogen functional groups attached to an aromatic ring is 1. The van der Waals surface area contributed by atoms with Crippen molar-refractivity contribution in [1.82, 2.24) is 0 Å². The van der Waals surface area contributed by atoms with Crippen molar-refractivity contribution in [1.29, 1.82) is 5.41 Å². The van der Waals surface area contributed by atoms with Gasteiger partial charge in [0, 0.05) is 10.5 Å². The SMILES string of the molecule is COc1cccc(Oc2ccc(Br)cc2C(=N)N)c1. The van der Waals surface area contributed by atoms with E-state index in [4.69, 9.17) is 20.6 Å². The molecule has 0 aromatic heterocycles. The number of nitrogens with one attached hydrogen (secondary N) is 1.